The molecule has 0 bridgehead atoms. The van der Waals surface area contributed by atoms with Crippen molar-refractivity contribution in [2.24, 2.45) is 0 Å². The third-order valence-corrected chi connectivity index (χ3v) is 8.10. The molecular formula is C31H26O2. The molecule has 0 radical (unpaired) electrons. The van der Waals surface area contributed by atoms with Crippen LogP contribution in [0, 0.1) is 0 Å². The van der Waals surface area contributed by atoms with Crippen LogP contribution in [0.3, 0.4) is 0 Å². The van der Waals surface area contributed by atoms with Gasteiger partial charge in [-0.15, -0.1) is 0 Å². The van der Waals surface area contributed by atoms with Crippen LogP contribution in [0.25, 0.3) is 22.3 Å². The van der Waals surface area contributed by atoms with Gasteiger partial charge in [-0.1, -0.05) is 104 Å². The lowest BCUT2D eigenvalue weighted by atomic mass is 9.51. The number of carboxylic acid groups (broad SMARTS) is 1. The molecule has 0 aliphatic heterocycles. The van der Waals surface area contributed by atoms with E-state index in [1.54, 1.807) is 0 Å². The van der Waals surface area contributed by atoms with Crippen molar-refractivity contribution >= 4 is 5.97 Å². The van der Waals surface area contributed by atoms with Gasteiger partial charge in [-0.05, 0) is 57.3 Å². The topological polar surface area (TPSA) is 37.3 Å². The van der Waals surface area contributed by atoms with Crippen molar-refractivity contribution in [3.8, 4) is 22.3 Å². The second kappa shape index (κ2) is 7.18. The molecule has 33 heavy (non-hydrogen) atoms. The third kappa shape index (κ3) is 2.41. The highest BCUT2D eigenvalue weighted by Crippen LogP contribution is 2.67. The summed E-state index contributed by atoms with van der Waals surface area (Å²) >= 11 is 0. The number of carboxylic acids is 1. The van der Waals surface area contributed by atoms with Gasteiger partial charge < -0.3 is 5.11 Å². The second-order valence-corrected chi connectivity index (χ2v) is 9.24. The van der Waals surface area contributed by atoms with Crippen LogP contribution in [-0.4, -0.2) is 11.1 Å². The van der Waals surface area contributed by atoms with Gasteiger partial charge in [0.1, 0.15) is 0 Å². The van der Waals surface area contributed by atoms with Gasteiger partial charge in [0.15, 0.2) is 0 Å². The summed E-state index contributed by atoms with van der Waals surface area (Å²) in [7, 11) is 0. The molecular weight excluding hydrogens is 404 g/mol. The summed E-state index contributed by atoms with van der Waals surface area (Å²) < 4.78 is 0. The Kier molecular flexibility index (Phi) is 4.35. The number of aliphatic carboxylic acids is 1. The summed E-state index contributed by atoms with van der Waals surface area (Å²) in [6, 6.07) is 34.8. The quantitative estimate of drug-likeness (QED) is 0.364. The minimum atomic E-state index is -0.748. The molecule has 0 aromatic heterocycles. The molecule has 0 unspecified atom stereocenters. The van der Waals surface area contributed by atoms with E-state index in [-0.39, 0.29) is 11.8 Å². The lowest BCUT2D eigenvalue weighted by Crippen LogP contribution is -2.49. The van der Waals surface area contributed by atoms with Crippen LogP contribution in [-0.2, 0) is 15.6 Å². The predicted octanol–water partition coefficient (Wildman–Crippen LogP) is 7.19. The van der Waals surface area contributed by atoms with E-state index in [1.165, 1.54) is 44.5 Å². The first-order valence-electron chi connectivity index (χ1n) is 11.8. The molecule has 1 N–H and O–H groups in total. The molecule has 0 fully saturated rings. The van der Waals surface area contributed by atoms with Crippen molar-refractivity contribution in [1.29, 1.82) is 0 Å². The molecule has 0 atom stereocenters. The van der Waals surface area contributed by atoms with Gasteiger partial charge in [0.05, 0.1) is 0 Å². The van der Waals surface area contributed by atoms with E-state index < -0.39 is 11.4 Å². The Morgan fingerprint density at radius 2 is 0.939 bits per heavy atom. The number of hydrogen-bond acceptors (Lipinski definition) is 1. The SMILES string of the molecule is CCC1(C2(CCC(=O)O)c3ccccc3-c3ccccc32)c2ccccc2-c2ccccc21. The van der Waals surface area contributed by atoms with Crippen molar-refractivity contribution in [2.75, 3.05) is 0 Å². The maximum atomic E-state index is 12.0. The highest BCUT2D eigenvalue weighted by atomic mass is 16.4. The Balaban J connectivity index is 1.80. The number of hydrogen-bond donors (Lipinski definition) is 1. The molecule has 0 saturated carbocycles. The fourth-order valence-electron chi connectivity index (χ4n) is 7.03. The minimum absolute atomic E-state index is 0.120. The van der Waals surface area contributed by atoms with Gasteiger partial charge in [-0.3, -0.25) is 4.79 Å². The Hall–Kier alpha value is -3.65. The van der Waals surface area contributed by atoms with Crippen molar-refractivity contribution in [2.45, 2.75) is 37.0 Å². The molecule has 4 aromatic carbocycles. The summed E-state index contributed by atoms with van der Waals surface area (Å²) in [4.78, 5) is 12.0. The van der Waals surface area contributed by atoms with E-state index in [1.807, 2.05) is 0 Å². The monoisotopic (exact) mass is 430 g/mol. The zero-order chi connectivity index (χ0) is 22.6. The van der Waals surface area contributed by atoms with Crippen LogP contribution in [0.5, 0.6) is 0 Å². The second-order valence-electron chi connectivity index (χ2n) is 9.24. The van der Waals surface area contributed by atoms with E-state index in [0.29, 0.717) is 6.42 Å². The smallest absolute Gasteiger partial charge is 0.303 e. The molecule has 2 nitrogen and oxygen atoms in total. The molecule has 2 aliphatic rings. The molecule has 0 amide bonds. The number of benzene rings is 4. The van der Waals surface area contributed by atoms with Gasteiger partial charge in [0.2, 0.25) is 0 Å². The normalized spacial score (nSPS) is 15.9. The largest absolute Gasteiger partial charge is 0.481 e. The van der Waals surface area contributed by atoms with E-state index in [4.69, 9.17) is 0 Å². The molecule has 0 saturated heterocycles. The Morgan fingerprint density at radius 1 is 0.606 bits per heavy atom. The number of rotatable bonds is 5. The van der Waals surface area contributed by atoms with Gasteiger partial charge in [0.25, 0.3) is 0 Å². The van der Waals surface area contributed by atoms with Crippen molar-refractivity contribution in [3.63, 3.8) is 0 Å². The third-order valence-electron chi connectivity index (χ3n) is 8.10. The van der Waals surface area contributed by atoms with Gasteiger partial charge in [-0.2, -0.15) is 0 Å². The summed E-state index contributed by atoms with van der Waals surface area (Å²) in [5, 5.41) is 9.87. The molecule has 2 heteroatoms. The highest BCUT2D eigenvalue weighted by Gasteiger charge is 2.61. The Bertz CT molecular complexity index is 1310. The van der Waals surface area contributed by atoms with Gasteiger partial charge in [0, 0.05) is 17.3 Å². The van der Waals surface area contributed by atoms with Crippen molar-refractivity contribution in [3.05, 3.63) is 119 Å². The standard InChI is InChI=1S/C31H26O2/c1-2-30(25-15-7-3-11-21(25)22-12-4-8-16-26(22)30)31(20-19-29(32)33)27-17-9-5-13-23(27)24-14-6-10-18-28(24)31/h3-18H,2,19-20H2,1H3,(H,32,33). The van der Waals surface area contributed by atoms with Crippen LogP contribution >= 0.6 is 0 Å². The molecule has 162 valence electrons. The molecule has 0 spiro atoms. The van der Waals surface area contributed by atoms with Crippen LogP contribution < -0.4 is 0 Å². The lowest BCUT2D eigenvalue weighted by molar-refractivity contribution is -0.137. The number of fused-ring (bicyclic) bond motifs is 6. The van der Waals surface area contributed by atoms with E-state index >= 15 is 0 Å². The van der Waals surface area contributed by atoms with E-state index in [0.717, 1.165) is 6.42 Å². The molecule has 6 rings (SSSR count). The van der Waals surface area contributed by atoms with Crippen LogP contribution in [0.1, 0.15) is 48.4 Å². The average molecular weight is 431 g/mol. The lowest BCUT2D eigenvalue weighted by Gasteiger charge is -2.49. The molecule has 4 aromatic rings. The van der Waals surface area contributed by atoms with E-state index in [2.05, 4.69) is 104 Å². The van der Waals surface area contributed by atoms with Crippen molar-refractivity contribution in [1.82, 2.24) is 0 Å². The minimum Gasteiger partial charge on any atom is -0.481 e. The maximum absolute atomic E-state index is 12.0. The first-order valence-corrected chi connectivity index (χ1v) is 11.8. The first kappa shape index (κ1) is 20.0. The van der Waals surface area contributed by atoms with Crippen molar-refractivity contribution < 1.29 is 9.90 Å². The van der Waals surface area contributed by atoms with Crippen LogP contribution in [0.15, 0.2) is 97.1 Å². The van der Waals surface area contributed by atoms with Crippen LogP contribution in [0.2, 0.25) is 0 Å². The predicted molar refractivity (Wildman–Crippen MR) is 132 cm³/mol. The zero-order valence-corrected chi connectivity index (χ0v) is 18.7. The highest BCUT2D eigenvalue weighted by molar-refractivity contribution is 5.89. The zero-order valence-electron chi connectivity index (χ0n) is 18.7. The van der Waals surface area contributed by atoms with E-state index in [9.17, 15) is 9.90 Å². The van der Waals surface area contributed by atoms with Gasteiger partial charge >= 0.3 is 5.97 Å². The fraction of sp³-hybridized carbons (Fsp3) is 0.194. The Morgan fingerprint density at radius 3 is 1.27 bits per heavy atom. The molecule has 2 aliphatic carbocycles. The maximum Gasteiger partial charge on any atom is 0.303 e. The van der Waals surface area contributed by atoms with Gasteiger partial charge in [-0.25, -0.2) is 0 Å². The average Bonchev–Trinajstić information content (AvgIpc) is 3.32. The first-order chi connectivity index (χ1) is 16.1. The summed E-state index contributed by atoms with van der Waals surface area (Å²) in [6.45, 7) is 2.27. The fourth-order valence-corrected chi connectivity index (χ4v) is 7.03. The summed E-state index contributed by atoms with van der Waals surface area (Å²) in [5.41, 5.74) is 9.28. The molecule has 0 heterocycles. The summed E-state index contributed by atoms with van der Waals surface area (Å²) in [6.07, 6.45) is 1.55. The van der Waals surface area contributed by atoms with Crippen LogP contribution in [0.4, 0.5) is 0 Å². The Labute approximate surface area is 194 Å². The summed E-state index contributed by atoms with van der Waals surface area (Å²) in [5.74, 6) is -0.748. The number of carbonyl (C=O) groups is 1.